The monoisotopic (exact) mass is 469 g/mol. The van der Waals surface area contributed by atoms with Crippen molar-refractivity contribution < 1.29 is 18.8 Å². The Hall–Kier alpha value is -2.05. The molecule has 0 aliphatic carbocycles. The van der Waals surface area contributed by atoms with Crippen molar-refractivity contribution in [3.8, 4) is 5.88 Å². The first-order valence-corrected chi connectivity index (χ1v) is 11.4. The summed E-state index contributed by atoms with van der Waals surface area (Å²) < 4.78 is 25.0. The van der Waals surface area contributed by atoms with Crippen molar-refractivity contribution in [3.63, 3.8) is 0 Å². The number of nitrogens with zero attached hydrogens (tertiary/aromatic N) is 2. The summed E-state index contributed by atoms with van der Waals surface area (Å²) >= 11 is 6.29. The molecule has 3 N–H and O–H groups in total. The predicted molar refractivity (Wildman–Crippen MR) is 116 cm³/mol. The smallest absolute Gasteiger partial charge is 0.266 e. The second kappa shape index (κ2) is 8.23. The van der Waals surface area contributed by atoms with Gasteiger partial charge in [0.15, 0.2) is 5.25 Å². The first-order valence-electron chi connectivity index (χ1n) is 9.07. The number of pyridine rings is 1. The molecular weight excluding hydrogens is 450 g/mol. The number of amides is 1. The molecule has 3 unspecified atom stereocenters. The van der Waals surface area contributed by atoms with Gasteiger partial charge >= 0.3 is 0 Å². The van der Waals surface area contributed by atoms with Gasteiger partial charge in [-0.25, -0.2) is 0 Å². The highest BCUT2D eigenvalue weighted by Crippen LogP contribution is 2.46. The number of guanidine groups is 1. The van der Waals surface area contributed by atoms with Gasteiger partial charge in [0.1, 0.15) is 11.4 Å². The van der Waals surface area contributed by atoms with Crippen LogP contribution in [0.4, 0.5) is 5.82 Å². The van der Waals surface area contributed by atoms with E-state index in [1.54, 1.807) is 31.3 Å². The van der Waals surface area contributed by atoms with Crippen LogP contribution in [-0.4, -0.2) is 58.3 Å². The number of hydrogen-bond donors (Lipinski definition) is 3. The molecule has 2 aromatic heterocycles. The lowest BCUT2D eigenvalue weighted by molar-refractivity contribution is 0.0442. The molecule has 2 fully saturated rings. The number of fused-ring (bicyclic) bond motifs is 1. The third-order valence-electron chi connectivity index (χ3n) is 5.12. The molecular formula is C18H20ClN5O4S2. The number of rotatable bonds is 4. The highest BCUT2D eigenvalue weighted by molar-refractivity contribution is 7.90. The van der Waals surface area contributed by atoms with Crippen LogP contribution in [-0.2, 0) is 21.6 Å². The third kappa shape index (κ3) is 3.60. The summed E-state index contributed by atoms with van der Waals surface area (Å²) in [5.41, 5.74) is -0.832. The van der Waals surface area contributed by atoms with E-state index in [1.807, 2.05) is 0 Å². The van der Waals surface area contributed by atoms with Gasteiger partial charge in [0.05, 0.1) is 46.9 Å². The lowest BCUT2D eigenvalue weighted by atomic mass is 9.87. The fraction of sp³-hybridized carbons (Fsp3) is 0.389. The summed E-state index contributed by atoms with van der Waals surface area (Å²) in [5, 5.41) is 14.1. The number of nitrogens with one attached hydrogen (secondary N) is 3. The van der Waals surface area contributed by atoms with Crippen molar-refractivity contribution in [2.45, 2.75) is 17.2 Å². The number of methoxy groups -OCH3 is 1. The fourth-order valence-corrected chi connectivity index (χ4v) is 6.71. The molecule has 0 bridgehead atoms. The van der Waals surface area contributed by atoms with Crippen LogP contribution in [0.3, 0.4) is 0 Å². The Kier molecular flexibility index (Phi) is 5.82. The van der Waals surface area contributed by atoms with E-state index in [1.165, 1.54) is 22.8 Å². The fourth-order valence-electron chi connectivity index (χ4n) is 3.55. The van der Waals surface area contributed by atoms with Crippen molar-refractivity contribution in [1.82, 2.24) is 14.6 Å². The minimum atomic E-state index is -1.47. The quantitative estimate of drug-likeness (QED) is 0.586. The molecule has 160 valence electrons. The van der Waals surface area contributed by atoms with Gasteiger partial charge in [0, 0.05) is 19.1 Å². The summed E-state index contributed by atoms with van der Waals surface area (Å²) in [6.07, 6.45) is 0.484. The van der Waals surface area contributed by atoms with Crippen molar-refractivity contribution in [1.29, 1.82) is 5.41 Å². The average molecular weight is 470 g/mol. The van der Waals surface area contributed by atoms with Gasteiger partial charge in [0.25, 0.3) is 5.91 Å². The van der Waals surface area contributed by atoms with E-state index in [9.17, 15) is 9.35 Å². The minimum Gasteiger partial charge on any atom is -0.592 e. The van der Waals surface area contributed by atoms with Gasteiger partial charge in [0.2, 0.25) is 11.8 Å². The Morgan fingerprint density at radius 2 is 2.40 bits per heavy atom. The standard InChI is InChI=1S/C18H20ClN5O4S2/c1-24-17(20)23-18(6-7-28-9-12(18)30(24)26)15-10(19)8-11(29-15)16(25)22-13-4-3-5-14(21-13)27-2/h3-5,8,12H,6-7,9H2,1-2H3,(H2,20,23)(H,21,22,25). The molecule has 30 heavy (non-hydrogen) atoms. The first-order chi connectivity index (χ1) is 14.4. The van der Waals surface area contributed by atoms with Crippen molar-refractivity contribution >= 4 is 52.0 Å². The summed E-state index contributed by atoms with van der Waals surface area (Å²) in [6, 6.07) is 6.65. The Balaban J connectivity index is 1.65. The Bertz CT molecular complexity index is 989. The van der Waals surface area contributed by atoms with E-state index in [-0.39, 0.29) is 18.5 Å². The van der Waals surface area contributed by atoms with Crippen LogP contribution in [0.2, 0.25) is 5.02 Å². The van der Waals surface area contributed by atoms with Gasteiger partial charge in [-0.15, -0.1) is 11.3 Å². The third-order valence-corrected chi connectivity index (χ3v) is 8.59. The molecule has 1 amide bonds. The molecule has 3 atom stereocenters. The highest BCUT2D eigenvalue weighted by Gasteiger charge is 2.57. The molecule has 0 spiro atoms. The number of thiophene rings is 1. The molecule has 2 saturated heterocycles. The lowest BCUT2D eigenvalue weighted by Gasteiger charge is -2.49. The molecule has 2 aliphatic rings. The van der Waals surface area contributed by atoms with E-state index in [2.05, 4.69) is 15.6 Å². The number of aromatic nitrogens is 1. The Labute approximate surface area is 185 Å². The van der Waals surface area contributed by atoms with Gasteiger partial charge in [-0.2, -0.15) is 9.29 Å². The average Bonchev–Trinajstić information content (AvgIpc) is 3.15. The summed E-state index contributed by atoms with van der Waals surface area (Å²) in [5.74, 6) is 0.423. The Morgan fingerprint density at radius 3 is 3.17 bits per heavy atom. The van der Waals surface area contributed by atoms with E-state index in [0.29, 0.717) is 39.5 Å². The number of carbonyl (C=O) groups is 1. The number of halogens is 1. The van der Waals surface area contributed by atoms with Crippen LogP contribution in [0.15, 0.2) is 24.3 Å². The predicted octanol–water partition coefficient (Wildman–Crippen LogP) is 2.18. The van der Waals surface area contributed by atoms with Crippen LogP contribution in [0.25, 0.3) is 0 Å². The maximum absolute atomic E-state index is 12.9. The van der Waals surface area contributed by atoms with E-state index in [4.69, 9.17) is 26.5 Å². The molecule has 2 aliphatic heterocycles. The lowest BCUT2D eigenvalue weighted by Crippen LogP contribution is -2.69. The first kappa shape index (κ1) is 21.2. The second-order valence-electron chi connectivity index (χ2n) is 6.84. The van der Waals surface area contributed by atoms with E-state index in [0.717, 1.165) is 0 Å². The van der Waals surface area contributed by atoms with Gasteiger partial charge < -0.3 is 24.7 Å². The van der Waals surface area contributed by atoms with Crippen molar-refractivity contribution in [2.75, 3.05) is 32.7 Å². The molecule has 4 rings (SSSR count). The van der Waals surface area contributed by atoms with Crippen LogP contribution in [0.5, 0.6) is 5.88 Å². The summed E-state index contributed by atoms with van der Waals surface area (Å²) in [6.45, 7) is 0.696. The summed E-state index contributed by atoms with van der Waals surface area (Å²) in [4.78, 5) is 18.0. The molecule has 0 radical (unpaired) electrons. The number of hydrogen-bond acceptors (Lipinski definition) is 7. The van der Waals surface area contributed by atoms with E-state index >= 15 is 0 Å². The number of anilines is 1. The highest BCUT2D eigenvalue weighted by atomic mass is 35.5. The molecule has 2 aromatic rings. The number of ether oxygens (including phenoxy) is 2. The SMILES string of the molecule is COc1cccc(NC(=O)c2cc(Cl)c(C34CCOCC3[S+]([O-])N(C)C(=N)N4)s2)n1. The molecule has 0 aromatic carbocycles. The van der Waals surface area contributed by atoms with Crippen LogP contribution in [0.1, 0.15) is 21.0 Å². The second-order valence-corrected chi connectivity index (χ2v) is 9.97. The van der Waals surface area contributed by atoms with E-state index < -0.39 is 22.2 Å². The van der Waals surface area contributed by atoms with Gasteiger partial charge in [-0.3, -0.25) is 10.2 Å². The van der Waals surface area contributed by atoms with Crippen LogP contribution < -0.4 is 15.4 Å². The zero-order valence-electron chi connectivity index (χ0n) is 16.2. The zero-order valence-corrected chi connectivity index (χ0v) is 18.6. The molecule has 0 saturated carbocycles. The molecule has 4 heterocycles. The largest absolute Gasteiger partial charge is 0.592 e. The van der Waals surface area contributed by atoms with Gasteiger partial charge in [-0.1, -0.05) is 17.7 Å². The molecule has 12 heteroatoms. The normalized spacial score (nSPS) is 26.0. The van der Waals surface area contributed by atoms with Crippen LogP contribution >= 0.6 is 22.9 Å². The summed E-state index contributed by atoms with van der Waals surface area (Å²) in [7, 11) is 3.10. The van der Waals surface area contributed by atoms with Gasteiger partial charge in [-0.05, 0) is 12.1 Å². The van der Waals surface area contributed by atoms with Crippen LogP contribution in [0, 0.1) is 5.41 Å². The Morgan fingerprint density at radius 1 is 1.60 bits per heavy atom. The van der Waals surface area contributed by atoms with Crippen molar-refractivity contribution in [2.24, 2.45) is 0 Å². The molecule has 9 nitrogen and oxygen atoms in total. The minimum absolute atomic E-state index is 0.0440. The topological polar surface area (TPSA) is 123 Å². The maximum atomic E-state index is 12.9. The maximum Gasteiger partial charge on any atom is 0.266 e. The number of carbonyl (C=O) groups excluding carboxylic acids is 1. The zero-order chi connectivity index (χ0) is 21.5. The van der Waals surface area contributed by atoms with Crippen molar-refractivity contribution in [3.05, 3.63) is 39.0 Å².